The molecule has 1 aromatic carbocycles. The van der Waals surface area contributed by atoms with E-state index in [1.807, 2.05) is 13.1 Å². The SMILES string of the molecule is CN(CCc1cccs1)c1ccc(C=O)cc1Cl. The molecule has 1 aromatic heterocycles. The Kier molecular flexibility index (Phi) is 4.39. The van der Waals surface area contributed by atoms with Crippen LogP contribution in [0, 0.1) is 0 Å². The van der Waals surface area contributed by atoms with Gasteiger partial charge in [0, 0.05) is 24.0 Å². The molecule has 2 rings (SSSR count). The van der Waals surface area contributed by atoms with Gasteiger partial charge in [-0.3, -0.25) is 4.79 Å². The molecule has 0 radical (unpaired) electrons. The number of halogens is 1. The second kappa shape index (κ2) is 6.03. The molecule has 4 heteroatoms. The van der Waals surface area contributed by atoms with Crippen molar-refractivity contribution in [2.75, 3.05) is 18.5 Å². The van der Waals surface area contributed by atoms with Gasteiger partial charge in [0.25, 0.3) is 0 Å². The van der Waals surface area contributed by atoms with Crippen LogP contribution >= 0.6 is 22.9 Å². The van der Waals surface area contributed by atoms with E-state index in [0.717, 1.165) is 24.9 Å². The van der Waals surface area contributed by atoms with Crippen molar-refractivity contribution in [2.45, 2.75) is 6.42 Å². The van der Waals surface area contributed by atoms with Crippen molar-refractivity contribution in [1.29, 1.82) is 0 Å². The summed E-state index contributed by atoms with van der Waals surface area (Å²) in [6.07, 6.45) is 1.81. The van der Waals surface area contributed by atoms with Gasteiger partial charge < -0.3 is 4.90 Å². The standard InChI is InChI=1S/C14H14ClNOS/c1-16(7-6-12-3-2-8-18-12)14-5-4-11(10-17)9-13(14)15/h2-5,8-10H,6-7H2,1H3. The van der Waals surface area contributed by atoms with Crippen molar-refractivity contribution >= 4 is 34.9 Å². The molecule has 0 aliphatic heterocycles. The van der Waals surface area contributed by atoms with Crippen molar-refractivity contribution in [2.24, 2.45) is 0 Å². The molecule has 0 saturated heterocycles. The largest absolute Gasteiger partial charge is 0.373 e. The Morgan fingerprint density at radius 2 is 2.22 bits per heavy atom. The minimum absolute atomic E-state index is 0.607. The van der Waals surface area contributed by atoms with Crippen LogP contribution < -0.4 is 4.90 Å². The summed E-state index contributed by atoms with van der Waals surface area (Å²) in [6, 6.07) is 9.57. The Bertz CT molecular complexity index is 525. The molecule has 2 aromatic rings. The van der Waals surface area contributed by atoms with Crippen molar-refractivity contribution in [3.05, 3.63) is 51.2 Å². The number of benzene rings is 1. The lowest BCUT2D eigenvalue weighted by atomic mass is 10.2. The Labute approximate surface area is 116 Å². The third-order valence-corrected chi connectivity index (χ3v) is 4.03. The van der Waals surface area contributed by atoms with Gasteiger partial charge >= 0.3 is 0 Å². The highest BCUT2D eigenvalue weighted by molar-refractivity contribution is 7.09. The summed E-state index contributed by atoms with van der Waals surface area (Å²) in [4.78, 5) is 14.1. The van der Waals surface area contributed by atoms with E-state index in [-0.39, 0.29) is 0 Å². The highest BCUT2D eigenvalue weighted by Gasteiger charge is 2.07. The number of anilines is 1. The van der Waals surface area contributed by atoms with Gasteiger partial charge in [-0.1, -0.05) is 17.7 Å². The number of hydrogen-bond acceptors (Lipinski definition) is 3. The molecule has 0 bridgehead atoms. The Morgan fingerprint density at radius 1 is 1.39 bits per heavy atom. The fraction of sp³-hybridized carbons (Fsp3) is 0.214. The zero-order chi connectivity index (χ0) is 13.0. The smallest absolute Gasteiger partial charge is 0.150 e. The monoisotopic (exact) mass is 279 g/mol. The first-order chi connectivity index (χ1) is 8.70. The summed E-state index contributed by atoms with van der Waals surface area (Å²) in [5, 5.41) is 2.70. The first kappa shape index (κ1) is 13.1. The molecule has 2 nitrogen and oxygen atoms in total. The van der Waals surface area contributed by atoms with Crippen LogP contribution in [0.1, 0.15) is 15.2 Å². The van der Waals surface area contributed by atoms with Gasteiger partial charge in [0.15, 0.2) is 0 Å². The minimum Gasteiger partial charge on any atom is -0.373 e. The van der Waals surface area contributed by atoms with Crippen molar-refractivity contribution in [3.8, 4) is 0 Å². The van der Waals surface area contributed by atoms with Crippen LogP contribution in [0.4, 0.5) is 5.69 Å². The van der Waals surface area contributed by atoms with E-state index in [4.69, 9.17) is 11.6 Å². The van der Waals surface area contributed by atoms with Crippen LogP contribution in [0.3, 0.4) is 0 Å². The lowest BCUT2D eigenvalue weighted by Gasteiger charge is -2.20. The second-order valence-corrected chi connectivity index (χ2v) is 5.52. The average molecular weight is 280 g/mol. The maximum absolute atomic E-state index is 10.7. The lowest BCUT2D eigenvalue weighted by Crippen LogP contribution is -2.20. The van der Waals surface area contributed by atoms with Gasteiger partial charge in [-0.25, -0.2) is 0 Å². The molecular formula is C14H14ClNOS. The van der Waals surface area contributed by atoms with E-state index in [1.165, 1.54) is 4.88 Å². The fourth-order valence-corrected chi connectivity index (χ4v) is 2.79. The van der Waals surface area contributed by atoms with Crippen molar-refractivity contribution < 1.29 is 4.79 Å². The van der Waals surface area contributed by atoms with Gasteiger partial charge in [0.05, 0.1) is 10.7 Å². The van der Waals surface area contributed by atoms with Crippen molar-refractivity contribution in [3.63, 3.8) is 0 Å². The number of carbonyl (C=O) groups excluding carboxylic acids is 1. The zero-order valence-electron chi connectivity index (χ0n) is 10.1. The van der Waals surface area contributed by atoms with Gasteiger partial charge in [-0.05, 0) is 36.1 Å². The quantitative estimate of drug-likeness (QED) is 0.774. The number of nitrogens with zero attached hydrogens (tertiary/aromatic N) is 1. The van der Waals surface area contributed by atoms with E-state index in [1.54, 1.807) is 23.5 Å². The zero-order valence-corrected chi connectivity index (χ0v) is 11.7. The molecular weight excluding hydrogens is 266 g/mol. The first-order valence-electron chi connectivity index (χ1n) is 5.69. The first-order valence-corrected chi connectivity index (χ1v) is 6.94. The molecule has 0 aliphatic carbocycles. The number of thiophene rings is 1. The average Bonchev–Trinajstić information content (AvgIpc) is 2.88. The molecule has 94 valence electrons. The normalized spacial score (nSPS) is 10.3. The summed E-state index contributed by atoms with van der Waals surface area (Å²) in [5.41, 5.74) is 1.56. The van der Waals surface area contributed by atoms with Crippen LogP contribution in [-0.4, -0.2) is 19.9 Å². The maximum Gasteiger partial charge on any atom is 0.150 e. The Morgan fingerprint density at radius 3 is 2.83 bits per heavy atom. The van der Waals surface area contributed by atoms with Crippen LogP contribution in [0.2, 0.25) is 5.02 Å². The van der Waals surface area contributed by atoms with Gasteiger partial charge in [0.2, 0.25) is 0 Å². The van der Waals surface area contributed by atoms with Crippen LogP contribution in [0.25, 0.3) is 0 Å². The van der Waals surface area contributed by atoms with Crippen LogP contribution in [0.15, 0.2) is 35.7 Å². The molecule has 0 saturated carbocycles. The van der Waals surface area contributed by atoms with E-state index in [0.29, 0.717) is 10.6 Å². The summed E-state index contributed by atoms with van der Waals surface area (Å²) in [6.45, 7) is 0.903. The molecule has 0 spiro atoms. The van der Waals surface area contributed by atoms with E-state index < -0.39 is 0 Å². The topological polar surface area (TPSA) is 20.3 Å². The summed E-state index contributed by atoms with van der Waals surface area (Å²) in [7, 11) is 2.01. The molecule has 0 fully saturated rings. The molecule has 0 atom stereocenters. The molecule has 0 aliphatic rings. The minimum atomic E-state index is 0.607. The van der Waals surface area contributed by atoms with Crippen LogP contribution in [0.5, 0.6) is 0 Å². The third kappa shape index (κ3) is 3.12. The lowest BCUT2D eigenvalue weighted by molar-refractivity contribution is 0.112. The predicted octanol–water partition coefficient (Wildman–Crippen LogP) is 3.89. The predicted molar refractivity (Wildman–Crippen MR) is 78.1 cm³/mol. The fourth-order valence-electron chi connectivity index (χ4n) is 1.76. The van der Waals surface area contributed by atoms with E-state index >= 15 is 0 Å². The number of carbonyl (C=O) groups is 1. The maximum atomic E-state index is 10.7. The van der Waals surface area contributed by atoms with Crippen LogP contribution in [-0.2, 0) is 6.42 Å². The molecule has 18 heavy (non-hydrogen) atoms. The highest BCUT2D eigenvalue weighted by Crippen LogP contribution is 2.26. The summed E-state index contributed by atoms with van der Waals surface area (Å²) < 4.78 is 0. The van der Waals surface area contributed by atoms with E-state index in [9.17, 15) is 4.79 Å². The Balaban J connectivity index is 2.04. The van der Waals surface area contributed by atoms with Gasteiger partial charge in [0.1, 0.15) is 6.29 Å². The number of rotatable bonds is 5. The molecule has 0 unspecified atom stereocenters. The van der Waals surface area contributed by atoms with Gasteiger partial charge in [-0.15, -0.1) is 11.3 Å². The summed E-state index contributed by atoms with van der Waals surface area (Å²) >= 11 is 7.93. The van der Waals surface area contributed by atoms with Crippen molar-refractivity contribution in [1.82, 2.24) is 0 Å². The van der Waals surface area contributed by atoms with Gasteiger partial charge in [-0.2, -0.15) is 0 Å². The number of hydrogen-bond donors (Lipinski definition) is 0. The molecule has 0 amide bonds. The second-order valence-electron chi connectivity index (χ2n) is 4.08. The molecule has 0 N–H and O–H groups in total. The number of aldehydes is 1. The number of likely N-dealkylation sites (N-methyl/N-ethyl adjacent to an activating group) is 1. The molecule has 1 heterocycles. The summed E-state index contributed by atoms with van der Waals surface area (Å²) in [5.74, 6) is 0. The van der Waals surface area contributed by atoms with E-state index in [2.05, 4.69) is 22.4 Å². The third-order valence-electron chi connectivity index (χ3n) is 2.79. The Hall–Kier alpha value is -1.32. The highest BCUT2D eigenvalue weighted by atomic mass is 35.5.